The Hall–Kier alpha value is -3.55. The number of ether oxygens (including phenoxy) is 1. The van der Waals surface area contributed by atoms with E-state index in [0.717, 1.165) is 0 Å². The maximum atomic E-state index is 13.6. The number of hydrogen-bond donors (Lipinski definition) is 1. The van der Waals surface area contributed by atoms with Crippen LogP contribution in [-0.4, -0.2) is 28.3 Å². The SMILES string of the molecule is Cc1ccc(CNC(=O)COC(=O)c2nn(CC(C)C)c(=O)c3ccccc23)cc1F. The van der Waals surface area contributed by atoms with E-state index in [4.69, 9.17) is 4.74 Å². The highest BCUT2D eigenvalue weighted by Gasteiger charge is 2.19. The fourth-order valence-electron chi connectivity index (χ4n) is 3.05. The molecule has 2 aromatic carbocycles. The van der Waals surface area contributed by atoms with E-state index in [1.54, 1.807) is 43.3 Å². The van der Waals surface area contributed by atoms with Gasteiger partial charge in [-0.15, -0.1) is 0 Å². The van der Waals surface area contributed by atoms with Crippen LogP contribution in [0, 0.1) is 18.7 Å². The van der Waals surface area contributed by atoms with E-state index in [2.05, 4.69) is 10.4 Å². The van der Waals surface area contributed by atoms with Gasteiger partial charge in [-0.1, -0.05) is 44.2 Å². The van der Waals surface area contributed by atoms with Crippen molar-refractivity contribution in [2.24, 2.45) is 5.92 Å². The molecule has 0 aliphatic heterocycles. The summed E-state index contributed by atoms with van der Waals surface area (Å²) in [6, 6.07) is 11.3. The van der Waals surface area contributed by atoms with Crippen molar-refractivity contribution in [3.63, 3.8) is 0 Å². The molecule has 0 radical (unpaired) electrons. The highest BCUT2D eigenvalue weighted by Crippen LogP contribution is 2.15. The molecule has 0 saturated carbocycles. The summed E-state index contributed by atoms with van der Waals surface area (Å²) >= 11 is 0. The summed E-state index contributed by atoms with van der Waals surface area (Å²) in [5, 5.41) is 7.49. The topological polar surface area (TPSA) is 90.3 Å². The third-order valence-electron chi connectivity index (χ3n) is 4.66. The number of carbonyl (C=O) groups is 2. The molecule has 0 fully saturated rings. The van der Waals surface area contributed by atoms with Crippen LogP contribution in [0.3, 0.4) is 0 Å². The van der Waals surface area contributed by atoms with Crippen molar-refractivity contribution in [2.75, 3.05) is 6.61 Å². The Morgan fingerprint density at radius 3 is 2.55 bits per heavy atom. The second-order valence-electron chi connectivity index (χ2n) is 7.71. The first kappa shape index (κ1) is 22.1. The predicted octanol–water partition coefficient (Wildman–Crippen LogP) is 2.97. The first-order valence-electron chi connectivity index (χ1n) is 9.95. The van der Waals surface area contributed by atoms with E-state index in [0.29, 0.717) is 28.4 Å². The molecule has 31 heavy (non-hydrogen) atoms. The van der Waals surface area contributed by atoms with Gasteiger partial charge in [-0.2, -0.15) is 5.10 Å². The van der Waals surface area contributed by atoms with Crippen LogP contribution < -0.4 is 10.9 Å². The van der Waals surface area contributed by atoms with Crippen LogP contribution in [0.15, 0.2) is 47.3 Å². The zero-order valence-electron chi connectivity index (χ0n) is 17.6. The molecule has 0 atom stereocenters. The average Bonchev–Trinajstić information content (AvgIpc) is 2.74. The lowest BCUT2D eigenvalue weighted by Gasteiger charge is -2.12. The molecule has 1 amide bonds. The minimum Gasteiger partial charge on any atom is -0.451 e. The van der Waals surface area contributed by atoms with Crippen LogP contribution in [0.25, 0.3) is 10.8 Å². The van der Waals surface area contributed by atoms with Crippen LogP contribution in [0.4, 0.5) is 4.39 Å². The van der Waals surface area contributed by atoms with Gasteiger partial charge in [-0.3, -0.25) is 9.59 Å². The van der Waals surface area contributed by atoms with Crippen LogP contribution in [-0.2, 0) is 22.6 Å². The number of benzene rings is 2. The molecule has 3 aromatic rings. The zero-order chi connectivity index (χ0) is 22.5. The molecule has 8 heteroatoms. The number of aryl methyl sites for hydroxylation is 1. The van der Waals surface area contributed by atoms with E-state index in [1.165, 1.54) is 10.7 Å². The van der Waals surface area contributed by atoms with Crippen molar-refractivity contribution < 1.29 is 18.7 Å². The summed E-state index contributed by atoms with van der Waals surface area (Å²) in [7, 11) is 0. The fraction of sp³-hybridized carbons (Fsp3) is 0.304. The number of halogens is 1. The molecule has 0 saturated heterocycles. The summed E-state index contributed by atoms with van der Waals surface area (Å²) in [5.74, 6) is -1.54. The summed E-state index contributed by atoms with van der Waals surface area (Å²) in [4.78, 5) is 37.3. The van der Waals surface area contributed by atoms with Gasteiger partial charge in [0.1, 0.15) is 5.82 Å². The molecule has 3 rings (SSSR count). The predicted molar refractivity (Wildman–Crippen MR) is 114 cm³/mol. The molecule has 1 N–H and O–H groups in total. The van der Waals surface area contributed by atoms with Crippen molar-refractivity contribution in [1.82, 2.24) is 15.1 Å². The lowest BCUT2D eigenvalue weighted by atomic mass is 10.1. The van der Waals surface area contributed by atoms with Gasteiger partial charge in [0.05, 0.1) is 5.39 Å². The summed E-state index contributed by atoms with van der Waals surface area (Å²) < 4.78 is 20.0. The zero-order valence-corrected chi connectivity index (χ0v) is 17.6. The Labute approximate surface area is 178 Å². The maximum Gasteiger partial charge on any atom is 0.359 e. The summed E-state index contributed by atoms with van der Waals surface area (Å²) in [6.07, 6.45) is 0. The van der Waals surface area contributed by atoms with Gasteiger partial charge in [0, 0.05) is 18.5 Å². The lowest BCUT2D eigenvalue weighted by Crippen LogP contribution is -2.30. The highest BCUT2D eigenvalue weighted by atomic mass is 19.1. The van der Waals surface area contributed by atoms with Crippen molar-refractivity contribution in [2.45, 2.75) is 33.9 Å². The van der Waals surface area contributed by atoms with Crippen molar-refractivity contribution >= 4 is 22.6 Å². The van der Waals surface area contributed by atoms with Gasteiger partial charge in [-0.25, -0.2) is 13.9 Å². The number of fused-ring (bicyclic) bond motifs is 1. The summed E-state index contributed by atoms with van der Waals surface area (Å²) in [6.45, 7) is 5.45. The van der Waals surface area contributed by atoms with E-state index < -0.39 is 18.5 Å². The molecular weight excluding hydrogens is 401 g/mol. The summed E-state index contributed by atoms with van der Waals surface area (Å²) in [5.41, 5.74) is 0.798. The number of nitrogens with zero attached hydrogens (tertiary/aromatic N) is 2. The number of esters is 1. The first-order chi connectivity index (χ1) is 14.8. The smallest absolute Gasteiger partial charge is 0.359 e. The molecule has 162 valence electrons. The molecule has 0 unspecified atom stereocenters. The van der Waals surface area contributed by atoms with Crippen molar-refractivity contribution in [3.8, 4) is 0 Å². The molecule has 0 spiro atoms. The molecule has 7 nitrogen and oxygen atoms in total. The minimum atomic E-state index is -0.801. The molecule has 1 aromatic heterocycles. The normalized spacial score (nSPS) is 11.0. The van der Waals surface area contributed by atoms with Crippen LogP contribution >= 0.6 is 0 Å². The van der Waals surface area contributed by atoms with Crippen LogP contribution in [0.2, 0.25) is 0 Å². The third kappa shape index (κ3) is 5.33. The van der Waals surface area contributed by atoms with Gasteiger partial charge in [0.15, 0.2) is 12.3 Å². The Morgan fingerprint density at radius 2 is 1.87 bits per heavy atom. The Bertz CT molecular complexity index is 1190. The van der Waals surface area contributed by atoms with E-state index in [9.17, 15) is 18.8 Å². The van der Waals surface area contributed by atoms with Crippen molar-refractivity contribution in [3.05, 3.63) is 75.5 Å². The monoisotopic (exact) mass is 425 g/mol. The number of hydrogen-bond acceptors (Lipinski definition) is 5. The van der Waals surface area contributed by atoms with E-state index in [-0.39, 0.29) is 29.5 Å². The quantitative estimate of drug-likeness (QED) is 0.588. The second kappa shape index (κ2) is 9.51. The fourth-order valence-corrected chi connectivity index (χ4v) is 3.05. The molecule has 1 heterocycles. The average molecular weight is 425 g/mol. The second-order valence-corrected chi connectivity index (χ2v) is 7.71. The largest absolute Gasteiger partial charge is 0.451 e. The molecule has 0 aliphatic carbocycles. The lowest BCUT2D eigenvalue weighted by molar-refractivity contribution is -0.124. The van der Waals surface area contributed by atoms with E-state index >= 15 is 0 Å². The van der Waals surface area contributed by atoms with Gasteiger partial charge < -0.3 is 10.1 Å². The number of nitrogens with one attached hydrogen (secondary N) is 1. The maximum absolute atomic E-state index is 13.6. The van der Waals surface area contributed by atoms with Crippen molar-refractivity contribution in [1.29, 1.82) is 0 Å². The van der Waals surface area contributed by atoms with E-state index in [1.807, 2.05) is 13.8 Å². The highest BCUT2D eigenvalue weighted by molar-refractivity contribution is 6.02. The number of amides is 1. The minimum absolute atomic E-state index is 0.0238. The molecular formula is C23H24FN3O4. The molecule has 0 aliphatic rings. The van der Waals surface area contributed by atoms with Gasteiger partial charge >= 0.3 is 5.97 Å². The number of aromatic nitrogens is 2. The first-order valence-corrected chi connectivity index (χ1v) is 9.95. The Kier molecular flexibility index (Phi) is 6.79. The van der Waals surface area contributed by atoms with Gasteiger partial charge in [0.2, 0.25) is 0 Å². The standard InChI is InChI=1S/C23H24FN3O4/c1-14(2)12-27-22(29)18-7-5-4-6-17(18)21(26-27)23(30)31-13-20(28)25-11-16-9-8-15(3)19(24)10-16/h4-10,14H,11-13H2,1-3H3,(H,25,28). The van der Waals surface area contributed by atoms with Crippen LogP contribution in [0.1, 0.15) is 35.5 Å². The van der Waals surface area contributed by atoms with Crippen LogP contribution in [0.5, 0.6) is 0 Å². The molecule has 0 bridgehead atoms. The number of rotatable bonds is 7. The van der Waals surface area contributed by atoms with Gasteiger partial charge in [0.25, 0.3) is 11.5 Å². The Balaban J connectivity index is 1.71. The Morgan fingerprint density at radius 1 is 1.16 bits per heavy atom. The third-order valence-corrected chi connectivity index (χ3v) is 4.66. The number of carbonyl (C=O) groups excluding carboxylic acids is 2. The van der Waals surface area contributed by atoms with Gasteiger partial charge in [-0.05, 0) is 36.1 Å².